The molecule has 2 aromatic rings. The molecule has 0 unspecified atom stereocenters. The van der Waals surface area contributed by atoms with Crippen LogP contribution in [0.25, 0.3) is 11.0 Å². The van der Waals surface area contributed by atoms with Crippen molar-refractivity contribution < 1.29 is 9.21 Å². The molecule has 14 heavy (non-hydrogen) atoms. The smallest absolute Gasteiger partial charge is 0.178 e. The second-order valence-electron chi connectivity index (χ2n) is 3.45. The fourth-order valence-corrected chi connectivity index (χ4v) is 1.55. The molecule has 2 aromatic heterocycles. The van der Waals surface area contributed by atoms with Crippen molar-refractivity contribution in [1.29, 1.82) is 0 Å². The average Bonchev–Trinajstić information content (AvgIpc) is 2.47. The highest BCUT2D eigenvalue weighted by molar-refractivity contribution is 6.04. The minimum absolute atomic E-state index is 0.0317. The number of carbonyl (C=O) groups excluding carboxylic acids is 1. The van der Waals surface area contributed by atoms with Crippen LogP contribution in [0.4, 0.5) is 0 Å². The molecule has 3 heteroatoms. The first kappa shape index (κ1) is 8.94. The summed E-state index contributed by atoms with van der Waals surface area (Å²) in [6.45, 7) is 5.30. The predicted octanol–water partition coefficient (Wildman–Crippen LogP) is 2.65. The highest BCUT2D eigenvalue weighted by Gasteiger charge is 2.12. The molecule has 72 valence electrons. The number of aryl methyl sites for hydroxylation is 2. The number of hydrogen-bond donors (Lipinski definition) is 0. The summed E-state index contributed by atoms with van der Waals surface area (Å²) in [5, 5.41) is 0.815. The maximum atomic E-state index is 11.3. The van der Waals surface area contributed by atoms with Crippen LogP contribution in [0.1, 0.15) is 28.7 Å². The zero-order chi connectivity index (χ0) is 10.3. The third-order valence-electron chi connectivity index (χ3n) is 2.19. The summed E-state index contributed by atoms with van der Waals surface area (Å²) in [5.41, 5.74) is 2.21. The molecule has 0 radical (unpaired) electrons. The average molecular weight is 189 g/mol. The molecule has 3 nitrogen and oxygen atoms in total. The van der Waals surface area contributed by atoms with Crippen LogP contribution in [0.2, 0.25) is 0 Å². The molecule has 0 spiro atoms. The SMILES string of the molecule is CC(=O)c1ncc(C)c2oc(C)cc12. The molecule has 0 aliphatic rings. The van der Waals surface area contributed by atoms with Gasteiger partial charge in [0.05, 0.1) is 5.39 Å². The van der Waals surface area contributed by atoms with Gasteiger partial charge in [0.2, 0.25) is 0 Å². The topological polar surface area (TPSA) is 43.1 Å². The number of furan rings is 1. The minimum Gasteiger partial charge on any atom is -0.461 e. The van der Waals surface area contributed by atoms with Gasteiger partial charge in [-0.1, -0.05) is 0 Å². The van der Waals surface area contributed by atoms with Crippen molar-refractivity contribution in [2.75, 3.05) is 0 Å². The van der Waals surface area contributed by atoms with E-state index in [1.54, 1.807) is 6.20 Å². The molecule has 0 aliphatic heterocycles. The second-order valence-corrected chi connectivity index (χ2v) is 3.45. The zero-order valence-corrected chi connectivity index (χ0v) is 8.42. The van der Waals surface area contributed by atoms with Gasteiger partial charge in [0.15, 0.2) is 5.78 Å². The Morgan fingerprint density at radius 1 is 1.43 bits per heavy atom. The van der Waals surface area contributed by atoms with Crippen LogP contribution in [-0.2, 0) is 0 Å². The molecule has 0 bridgehead atoms. The molecule has 0 aromatic carbocycles. The van der Waals surface area contributed by atoms with Crippen molar-refractivity contribution in [3.05, 3.63) is 29.3 Å². The van der Waals surface area contributed by atoms with E-state index in [9.17, 15) is 4.79 Å². The number of ketones is 1. The van der Waals surface area contributed by atoms with Crippen LogP contribution < -0.4 is 0 Å². The maximum Gasteiger partial charge on any atom is 0.178 e. The summed E-state index contributed by atoms with van der Waals surface area (Å²) in [6, 6.07) is 1.85. The number of pyridine rings is 1. The molecule has 0 saturated carbocycles. The summed E-state index contributed by atoms with van der Waals surface area (Å²) in [4.78, 5) is 15.4. The van der Waals surface area contributed by atoms with E-state index >= 15 is 0 Å². The van der Waals surface area contributed by atoms with Crippen molar-refractivity contribution in [2.45, 2.75) is 20.8 Å². The Bertz CT molecular complexity index is 511. The number of rotatable bonds is 1. The van der Waals surface area contributed by atoms with Gasteiger partial charge in [-0.15, -0.1) is 0 Å². The van der Waals surface area contributed by atoms with Crippen molar-refractivity contribution in [3.63, 3.8) is 0 Å². The summed E-state index contributed by atoms with van der Waals surface area (Å²) in [6.07, 6.45) is 1.67. The Morgan fingerprint density at radius 2 is 2.14 bits per heavy atom. The number of carbonyl (C=O) groups is 1. The van der Waals surface area contributed by atoms with Gasteiger partial charge in [0.1, 0.15) is 17.0 Å². The fourth-order valence-electron chi connectivity index (χ4n) is 1.55. The first-order chi connectivity index (χ1) is 6.59. The third-order valence-corrected chi connectivity index (χ3v) is 2.19. The molecule has 0 fully saturated rings. The van der Waals surface area contributed by atoms with Crippen molar-refractivity contribution >= 4 is 16.8 Å². The van der Waals surface area contributed by atoms with Crippen molar-refractivity contribution in [2.24, 2.45) is 0 Å². The van der Waals surface area contributed by atoms with Crippen LogP contribution in [-0.4, -0.2) is 10.8 Å². The number of Topliss-reactive ketones (excluding diaryl/α,β-unsaturated/α-hetero) is 1. The fraction of sp³-hybridized carbons (Fsp3) is 0.273. The summed E-state index contributed by atoms with van der Waals surface area (Å²) in [5.74, 6) is 0.773. The predicted molar refractivity (Wildman–Crippen MR) is 53.5 cm³/mol. The van der Waals surface area contributed by atoms with Crippen LogP contribution >= 0.6 is 0 Å². The Morgan fingerprint density at radius 3 is 2.79 bits per heavy atom. The van der Waals surface area contributed by atoms with E-state index in [2.05, 4.69) is 4.98 Å². The monoisotopic (exact) mass is 189 g/mol. The molecule has 0 atom stereocenters. The van der Waals surface area contributed by atoms with Gasteiger partial charge in [0, 0.05) is 18.7 Å². The van der Waals surface area contributed by atoms with Crippen LogP contribution in [0, 0.1) is 13.8 Å². The largest absolute Gasteiger partial charge is 0.461 e. The zero-order valence-electron chi connectivity index (χ0n) is 8.42. The number of nitrogens with zero attached hydrogens (tertiary/aromatic N) is 1. The lowest BCUT2D eigenvalue weighted by Gasteiger charge is -1.98. The number of aromatic nitrogens is 1. The molecular formula is C11H11NO2. The molecule has 0 amide bonds. The normalized spacial score (nSPS) is 10.8. The van der Waals surface area contributed by atoms with E-state index in [0.717, 1.165) is 22.3 Å². The van der Waals surface area contributed by atoms with E-state index < -0.39 is 0 Å². The highest BCUT2D eigenvalue weighted by Crippen LogP contribution is 2.24. The van der Waals surface area contributed by atoms with E-state index in [1.807, 2.05) is 19.9 Å². The third kappa shape index (κ3) is 1.21. The first-order valence-electron chi connectivity index (χ1n) is 4.46. The standard InChI is InChI=1S/C11H11NO2/c1-6-5-12-10(8(3)13)9-4-7(2)14-11(6)9/h4-5H,1-3H3. The summed E-state index contributed by atoms with van der Waals surface area (Å²) >= 11 is 0. The lowest BCUT2D eigenvalue weighted by molar-refractivity contribution is 0.101. The van der Waals surface area contributed by atoms with E-state index in [4.69, 9.17) is 4.42 Å². The molecule has 2 rings (SSSR count). The van der Waals surface area contributed by atoms with Gasteiger partial charge in [-0.2, -0.15) is 0 Å². The molecule has 0 N–H and O–H groups in total. The van der Waals surface area contributed by atoms with Gasteiger partial charge in [0.25, 0.3) is 0 Å². The number of fused-ring (bicyclic) bond motifs is 1. The molecule has 0 saturated heterocycles. The number of hydrogen-bond acceptors (Lipinski definition) is 3. The quantitative estimate of drug-likeness (QED) is 0.647. The Balaban J connectivity index is 2.87. The first-order valence-corrected chi connectivity index (χ1v) is 4.46. The lowest BCUT2D eigenvalue weighted by atomic mass is 10.1. The van der Waals surface area contributed by atoms with E-state index in [-0.39, 0.29) is 5.78 Å². The maximum absolute atomic E-state index is 11.3. The highest BCUT2D eigenvalue weighted by atomic mass is 16.3. The Kier molecular flexibility index (Phi) is 1.88. The van der Waals surface area contributed by atoms with Gasteiger partial charge in [-0.25, -0.2) is 0 Å². The van der Waals surface area contributed by atoms with Gasteiger partial charge in [-0.05, 0) is 19.9 Å². The minimum atomic E-state index is -0.0317. The Hall–Kier alpha value is -1.64. The van der Waals surface area contributed by atoms with Gasteiger partial charge in [-0.3, -0.25) is 9.78 Å². The summed E-state index contributed by atoms with van der Waals surface area (Å²) < 4.78 is 5.50. The molecule has 0 aliphatic carbocycles. The Labute approximate surface area is 81.7 Å². The van der Waals surface area contributed by atoms with Crippen LogP contribution in [0.15, 0.2) is 16.7 Å². The van der Waals surface area contributed by atoms with Crippen LogP contribution in [0.5, 0.6) is 0 Å². The van der Waals surface area contributed by atoms with Gasteiger partial charge >= 0.3 is 0 Å². The van der Waals surface area contributed by atoms with Crippen molar-refractivity contribution in [1.82, 2.24) is 4.98 Å². The van der Waals surface area contributed by atoms with Gasteiger partial charge < -0.3 is 4.42 Å². The summed E-state index contributed by atoms with van der Waals surface area (Å²) in [7, 11) is 0. The lowest BCUT2D eigenvalue weighted by Crippen LogP contribution is -1.97. The molecule has 2 heterocycles. The molecular weight excluding hydrogens is 178 g/mol. The van der Waals surface area contributed by atoms with E-state index in [0.29, 0.717) is 5.69 Å². The van der Waals surface area contributed by atoms with E-state index in [1.165, 1.54) is 6.92 Å². The van der Waals surface area contributed by atoms with Crippen molar-refractivity contribution in [3.8, 4) is 0 Å². The second kappa shape index (κ2) is 2.94. The van der Waals surface area contributed by atoms with Crippen LogP contribution in [0.3, 0.4) is 0 Å².